The Morgan fingerprint density at radius 2 is 2.05 bits per heavy atom. The maximum atomic E-state index is 12.0. The third kappa shape index (κ3) is 2.83. The van der Waals surface area contributed by atoms with Crippen LogP contribution in [0.25, 0.3) is 11.3 Å². The molecule has 7 heteroatoms. The van der Waals surface area contributed by atoms with Gasteiger partial charge < -0.3 is 5.32 Å². The van der Waals surface area contributed by atoms with Gasteiger partial charge in [-0.15, -0.1) is 0 Å². The number of amides is 2. The smallest absolute Gasteiger partial charge is 0.307 e. The van der Waals surface area contributed by atoms with E-state index >= 15 is 0 Å². The maximum absolute atomic E-state index is 12.0. The summed E-state index contributed by atoms with van der Waals surface area (Å²) in [7, 11) is 1.88. The van der Waals surface area contributed by atoms with Crippen LogP contribution in [-0.2, 0) is 7.05 Å². The van der Waals surface area contributed by atoms with Crippen molar-refractivity contribution in [2.24, 2.45) is 7.05 Å². The summed E-state index contributed by atoms with van der Waals surface area (Å²) < 4.78 is 1.79. The van der Waals surface area contributed by atoms with E-state index in [1.165, 1.54) is 0 Å². The van der Waals surface area contributed by atoms with Crippen LogP contribution in [0.15, 0.2) is 42.7 Å². The summed E-state index contributed by atoms with van der Waals surface area (Å²) in [5.41, 5.74) is 3.70. The zero-order valence-electron chi connectivity index (χ0n) is 12.3. The summed E-state index contributed by atoms with van der Waals surface area (Å²) >= 11 is 0. The molecule has 0 aliphatic heterocycles. The molecule has 0 saturated carbocycles. The van der Waals surface area contributed by atoms with Crippen molar-refractivity contribution >= 4 is 17.5 Å². The van der Waals surface area contributed by atoms with Gasteiger partial charge in [0.15, 0.2) is 0 Å². The van der Waals surface area contributed by atoms with E-state index in [1.54, 1.807) is 23.1 Å². The number of nitrogens with one attached hydrogen (secondary N) is 3. The minimum atomic E-state index is -0.325. The van der Waals surface area contributed by atoms with Gasteiger partial charge in [-0.25, -0.2) is 4.79 Å². The van der Waals surface area contributed by atoms with Crippen LogP contribution in [0.4, 0.5) is 16.3 Å². The van der Waals surface area contributed by atoms with Crippen LogP contribution in [-0.4, -0.2) is 26.0 Å². The molecule has 0 bridgehead atoms. The number of rotatable bonds is 3. The van der Waals surface area contributed by atoms with Crippen molar-refractivity contribution in [2.45, 2.75) is 6.92 Å². The molecule has 0 spiro atoms. The first-order valence-corrected chi connectivity index (χ1v) is 6.80. The first-order valence-electron chi connectivity index (χ1n) is 6.80. The van der Waals surface area contributed by atoms with Crippen molar-refractivity contribution in [2.75, 3.05) is 10.6 Å². The van der Waals surface area contributed by atoms with Gasteiger partial charge in [-0.3, -0.25) is 15.1 Å². The highest BCUT2D eigenvalue weighted by Crippen LogP contribution is 2.25. The molecule has 0 radical (unpaired) electrons. The van der Waals surface area contributed by atoms with Gasteiger partial charge in [0.2, 0.25) is 0 Å². The van der Waals surface area contributed by atoms with Crippen LogP contribution in [0, 0.1) is 6.92 Å². The number of benzene rings is 1. The molecule has 2 amide bonds. The average Bonchev–Trinajstić information content (AvgIpc) is 3.13. The van der Waals surface area contributed by atoms with Crippen LogP contribution in [0.5, 0.6) is 0 Å². The first-order chi connectivity index (χ1) is 10.6. The third-order valence-electron chi connectivity index (χ3n) is 3.35. The Kier molecular flexibility index (Phi) is 3.61. The highest BCUT2D eigenvalue weighted by molar-refractivity contribution is 6.00. The minimum Gasteiger partial charge on any atom is -0.307 e. The number of hydrogen-bond acceptors (Lipinski definition) is 3. The fraction of sp³-hybridized carbons (Fsp3) is 0.133. The van der Waals surface area contributed by atoms with Gasteiger partial charge in [-0.1, -0.05) is 12.1 Å². The predicted molar refractivity (Wildman–Crippen MR) is 84.6 cm³/mol. The Hall–Kier alpha value is -3.09. The van der Waals surface area contributed by atoms with Crippen molar-refractivity contribution in [3.63, 3.8) is 0 Å². The maximum Gasteiger partial charge on any atom is 0.324 e. The van der Waals surface area contributed by atoms with Crippen molar-refractivity contribution < 1.29 is 4.79 Å². The number of aryl methyl sites for hydroxylation is 2. The van der Waals surface area contributed by atoms with Gasteiger partial charge in [0.25, 0.3) is 0 Å². The number of H-pyrrole nitrogens is 1. The predicted octanol–water partition coefficient (Wildman–Crippen LogP) is 2.76. The molecule has 0 saturated heterocycles. The Bertz CT molecular complexity index is 790. The molecule has 22 heavy (non-hydrogen) atoms. The van der Waals surface area contributed by atoms with E-state index in [0.717, 1.165) is 22.5 Å². The molecule has 0 unspecified atom stereocenters. The molecule has 3 aromatic rings. The van der Waals surface area contributed by atoms with E-state index in [4.69, 9.17) is 0 Å². The number of carbonyl (C=O) groups excluding carboxylic acids is 1. The zero-order valence-corrected chi connectivity index (χ0v) is 12.3. The van der Waals surface area contributed by atoms with E-state index in [-0.39, 0.29) is 6.03 Å². The van der Waals surface area contributed by atoms with Crippen LogP contribution < -0.4 is 10.6 Å². The quantitative estimate of drug-likeness (QED) is 0.694. The second kappa shape index (κ2) is 5.72. The Balaban J connectivity index is 1.81. The lowest BCUT2D eigenvalue weighted by atomic mass is 10.1. The number of carbonyl (C=O) groups is 1. The molecule has 1 aromatic carbocycles. The largest absolute Gasteiger partial charge is 0.324 e. The van der Waals surface area contributed by atoms with Gasteiger partial charge in [0.05, 0.1) is 11.9 Å². The SMILES string of the molecule is Cc1ccc(-c2ccnn2C)cc1NC(=O)Nc1ccn[nH]1. The van der Waals surface area contributed by atoms with Gasteiger partial charge in [0.1, 0.15) is 5.82 Å². The molecule has 3 N–H and O–H groups in total. The number of aromatic amines is 1. The normalized spacial score (nSPS) is 10.5. The number of aromatic nitrogens is 4. The summed E-state index contributed by atoms with van der Waals surface area (Å²) in [6, 6.07) is 9.18. The first kappa shape index (κ1) is 13.9. The van der Waals surface area contributed by atoms with E-state index in [9.17, 15) is 4.79 Å². The highest BCUT2D eigenvalue weighted by atomic mass is 16.2. The van der Waals surface area contributed by atoms with Crippen molar-refractivity contribution in [3.05, 3.63) is 48.3 Å². The number of hydrogen-bond donors (Lipinski definition) is 3. The van der Waals surface area contributed by atoms with Crippen LogP contribution in [0.1, 0.15) is 5.56 Å². The van der Waals surface area contributed by atoms with E-state index in [2.05, 4.69) is 25.9 Å². The average molecular weight is 296 g/mol. The lowest BCUT2D eigenvalue weighted by Gasteiger charge is -2.11. The van der Waals surface area contributed by atoms with Crippen LogP contribution in [0.3, 0.4) is 0 Å². The fourth-order valence-corrected chi connectivity index (χ4v) is 2.17. The molecule has 0 aliphatic rings. The van der Waals surface area contributed by atoms with Gasteiger partial charge in [-0.2, -0.15) is 10.2 Å². The second-order valence-corrected chi connectivity index (χ2v) is 4.92. The summed E-state index contributed by atoms with van der Waals surface area (Å²) in [6.45, 7) is 1.94. The van der Waals surface area contributed by atoms with Gasteiger partial charge in [0, 0.05) is 30.6 Å². The molecule has 0 aliphatic carbocycles. The monoisotopic (exact) mass is 296 g/mol. The Labute approximate surface area is 127 Å². The van der Waals surface area contributed by atoms with Crippen LogP contribution >= 0.6 is 0 Å². The summed E-state index contributed by atoms with van der Waals surface area (Å²) in [6.07, 6.45) is 3.32. The number of nitrogens with zero attached hydrogens (tertiary/aromatic N) is 3. The highest BCUT2D eigenvalue weighted by Gasteiger charge is 2.09. The molecule has 2 aromatic heterocycles. The summed E-state index contributed by atoms with van der Waals surface area (Å²) in [5.74, 6) is 0.540. The number of urea groups is 1. The molecular formula is C15H16N6O. The molecule has 2 heterocycles. The molecule has 3 rings (SSSR count). The molecule has 0 atom stereocenters. The topological polar surface area (TPSA) is 87.6 Å². The van der Waals surface area contributed by atoms with E-state index in [1.807, 2.05) is 38.2 Å². The summed E-state index contributed by atoms with van der Waals surface area (Å²) in [5, 5.41) is 16.1. The van der Waals surface area contributed by atoms with Crippen molar-refractivity contribution in [3.8, 4) is 11.3 Å². The minimum absolute atomic E-state index is 0.325. The molecular weight excluding hydrogens is 280 g/mol. The lowest BCUT2D eigenvalue weighted by Crippen LogP contribution is -2.20. The van der Waals surface area contributed by atoms with E-state index < -0.39 is 0 Å². The van der Waals surface area contributed by atoms with Crippen molar-refractivity contribution in [1.29, 1.82) is 0 Å². The second-order valence-electron chi connectivity index (χ2n) is 4.92. The molecule has 7 nitrogen and oxygen atoms in total. The van der Waals surface area contributed by atoms with E-state index in [0.29, 0.717) is 5.82 Å². The standard InChI is InChI=1S/C15H16N6O/c1-10-3-4-11(13-5-8-17-21(13)2)9-12(10)18-15(22)19-14-6-7-16-20-14/h3-9H,1-2H3,(H3,16,18,19,20,22). The fourth-order valence-electron chi connectivity index (χ4n) is 2.17. The molecule has 112 valence electrons. The Morgan fingerprint density at radius 3 is 2.73 bits per heavy atom. The van der Waals surface area contributed by atoms with Gasteiger partial charge in [-0.05, 0) is 24.6 Å². The number of anilines is 2. The summed E-state index contributed by atoms with van der Waals surface area (Å²) in [4.78, 5) is 12.0. The van der Waals surface area contributed by atoms with Crippen LogP contribution in [0.2, 0.25) is 0 Å². The lowest BCUT2D eigenvalue weighted by molar-refractivity contribution is 0.262. The van der Waals surface area contributed by atoms with Gasteiger partial charge >= 0.3 is 6.03 Å². The Morgan fingerprint density at radius 1 is 1.18 bits per heavy atom. The molecule has 0 fully saturated rings. The third-order valence-corrected chi connectivity index (χ3v) is 3.35. The zero-order chi connectivity index (χ0) is 15.5. The van der Waals surface area contributed by atoms with Crippen molar-refractivity contribution in [1.82, 2.24) is 20.0 Å².